The van der Waals surface area contributed by atoms with E-state index in [9.17, 15) is 44.7 Å². The lowest BCUT2D eigenvalue weighted by Gasteiger charge is -2.40. The smallest absolute Gasteiger partial charge is 0.329 e. The summed E-state index contributed by atoms with van der Waals surface area (Å²) in [5.41, 5.74) is -1.16. The lowest BCUT2D eigenvalue weighted by atomic mass is 9.96. The van der Waals surface area contributed by atoms with E-state index in [4.69, 9.17) is 18.6 Å². The minimum absolute atomic E-state index is 0.00330. The van der Waals surface area contributed by atoms with Crippen LogP contribution < -0.4 is 20.8 Å². The van der Waals surface area contributed by atoms with Crippen LogP contribution in [0, 0.1) is 11.8 Å². The van der Waals surface area contributed by atoms with Gasteiger partial charge in [0.15, 0.2) is 23.0 Å². The van der Waals surface area contributed by atoms with E-state index in [1.165, 1.54) is 0 Å². The van der Waals surface area contributed by atoms with Crippen LogP contribution in [0.1, 0.15) is 54.9 Å². The molecule has 3 aromatic rings. The van der Waals surface area contributed by atoms with Crippen LogP contribution >= 0.6 is 0 Å². The van der Waals surface area contributed by atoms with E-state index in [2.05, 4.69) is 10.6 Å². The minimum Gasteiger partial charge on any atom is -0.504 e. The minimum atomic E-state index is -2.02. The summed E-state index contributed by atoms with van der Waals surface area (Å²) in [6.45, 7) is 12.1. The molecule has 7 N–H and O–H groups in total. The maximum atomic E-state index is 13.5. The Morgan fingerprint density at radius 2 is 1.55 bits per heavy atom. The standard InChI is InChI=1S/C36H46N2O13/c1-16(2)13-19(34(47)51-36(5,6)7)37-32(45)25(17(3)4)38-33(46)31-29(43)28(42)30(44)35(50-31)49-23-15-22-24(27(41)26(23)40)20(39)14-21(48-22)18-11-9-8-10-12-18/h8-12,14-17,19,25,28-31,35,40-44H,13H2,1-7H3,(H,37,45)(H,38,46)/t19-,25-,28+,29+,30+,31+,35-/m1/s1. The van der Waals surface area contributed by atoms with Gasteiger partial charge >= 0.3 is 5.97 Å². The number of phenols is 2. The number of aliphatic hydroxyl groups excluding tert-OH is 3. The number of rotatable bonds is 11. The Morgan fingerprint density at radius 1 is 0.902 bits per heavy atom. The lowest BCUT2D eigenvalue weighted by Crippen LogP contribution is -2.64. The summed E-state index contributed by atoms with van der Waals surface area (Å²) < 4.78 is 22.5. The van der Waals surface area contributed by atoms with Crippen LogP contribution in [0.3, 0.4) is 0 Å². The van der Waals surface area contributed by atoms with E-state index >= 15 is 0 Å². The number of amides is 2. The Bertz CT molecular complexity index is 1780. The molecule has 0 unspecified atom stereocenters. The summed E-state index contributed by atoms with van der Waals surface area (Å²) in [5, 5.41) is 58.3. The predicted molar refractivity (Wildman–Crippen MR) is 183 cm³/mol. The maximum absolute atomic E-state index is 13.5. The van der Waals surface area contributed by atoms with Crippen molar-refractivity contribution in [1.82, 2.24) is 10.6 Å². The molecule has 15 nitrogen and oxygen atoms in total. The van der Waals surface area contributed by atoms with E-state index in [0.29, 0.717) is 5.56 Å². The van der Waals surface area contributed by atoms with Crippen molar-refractivity contribution in [2.45, 2.75) is 103 Å². The fourth-order valence-corrected chi connectivity index (χ4v) is 5.48. The van der Waals surface area contributed by atoms with Gasteiger partial charge in [0.1, 0.15) is 52.7 Å². The summed E-state index contributed by atoms with van der Waals surface area (Å²) in [6.07, 6.45) is -9.61. The Kier molecular flexibility index (Phi) is 12.0. The molecule has 278 valence electrons. The number of hydrogen-bond donors (Lipinski definition) is 7. The molecule has 1 aromatic heterocycles. The van der Waals surface area contributed by atoms with E-state index in [-0.39, 0.29) is 29.1 Å². The number of hydrogen-bond acceptors (Lipinski definition) is 13. The normalized spacial score (nSPS) is 22.0. The third-order valence-electron chi connectivity index (χ3n) is 8.02. The Hall–Kier alpha value is -4.70. The van der Waals surface area contributed by atoms with Crippen molar-refractivity contribution in [3.05, 3.63) is 52.7 Å². The van der Waals surface area contributed by atoms with Crippen molar-refractivity contribution in [2.75, 3.05) is 0 Å². The molecule has 4 rings (SSSR count). The van der Waals surface area contributed by atoms with Gasteiger partial charge in [-0.2, -0.15) is 0 Å². The SMILES string of the molecule is CC(C)C[C@@H](NC(=O)[C@H](NC(=O)[C@H]1O[C@@H](Oc2cc3oc(-c4ccccc4)cc(=O)c3c(O)c2O)[C@@H](O)[C@@H](O)[C@@H]1O)C(C)C)C(=O)OC(C)(C)C. The highest BCUT2D eigenvalue weighted by atomic mass is 16.7. The number of aromatic hydroxyl groups is 2. The van der Waals surface area contributed by atoms with Gasteiger partial charge in [0, 0.05) is 17.7 Å². The van der Waals surface area contributed by atoms with Crippen molar-refractivity contribution in [3.63, 3.8) is 0 Å². The van der Waals surface area contributed by atoms with Crippen LogP contribution in [-0.4, -0.2) is 91.7 Å². The second-order valence-electron chi connectivity index (χ2n) is 14.3. The van der Waals surface area contributed by atoms with Crippen molar-refractivity contribution in [1.29, 1.82) is 0 Å². The largest absolute Gasteiger partial charge is 0.504 e. The highest BCUT2D eigenvalue weighted by molar-refractivity contribution is 5.92. The van der Waals surface area contributed by atoms with Gasteiger partial charge in [0.05, 0.1) is 0 Å². The fraction of sp³-hybridized carbons (Fsp3) is 0.500. The number of benzene rings is 2. The first kappa shape index (κ1) is 39.1. The van der Waals surface area contributed by atoms with Gasteiger partial charge in [-0.25, -0.2) is 4.79 Å². The molecule has 1 fully saturated rings. The van der Waals surface area contributed by atoms with E-state index < -0.39 is 94.8 Å². The molecule has 1 aliphatic heterocycles. The molecule has 7 atom stereocenters. The first-order chi connectivity index (χ1) is 23.8. The molecule has 2 heterocycles. The van der Waals surface area contributed by atoms with Gasteiger partial charge in [-0.3, -0.25) is 14.4 Å². The quantitative estimate of drug-likeness (QED) is 0.111. The summed E-state index contributed by atoms with van der Waals surface area (Å²) >= 11 is 0. The molecule has 0 bridgehead atoms. The number of fused-ring (bicyclic) bond motifs is 1. The number of carbonyl (C=O) groups is 3. The molecule has 0 aliphatic carbocycles. The van der Waals surface area contributed by atoms with Crippen LogP contribution in [-0.2, 0) is 23.9 Å². The third-order valence-corrected chi connectivity index (χ3v) is 8.02. The van der Waals surface area contributed by atoms with Crippen molar-refractivity contribution < 1.29 is 58.5 Å². The first-order valence-corrected chi connectivity index (χ1v) is 16.6. The van der Waals surface area contributed by atoms with E-state index in [0.717, 1.165) is 12.1 Å². The molecule has 2 aromatic carbocycles. The molecular weight excluding hydrogens is 668 g/mol. The first-order valence-electron chi connectivity index (χ1n) is 16.6. The number of esters is 1. The van der Waals surface area contributed by atoms with Gasteiger partial charge in [-0.1, -0.05) is 58.0 Å². The van der Waals surface area contributed by atoms with Crippen molar-refractivity contribution in [3.8, 4) is 28.6 Å². The Labute approximate surface area is 294 Å². The number of carbonyl (C=O) groups excluding carboxylic acids is 3. The Balaban J connectivity index is 1.57. The molecule has 0 spiro atoms. The number of phenolic OH excluding ortho intramolecular Hbond substituents is 2. The summed E-state index contributed by atoms with van der Waals surface area (Å²) in [5.74, 6) is -5.24. The Morgan fingerprint density at radius 3 is 2.14 bits per heavy atom. The highest BCUT2D eigenvalue weighted by Gasteiger charge is 2.49. The molecule has 0 radical (unpaired) electrons. The van der Waals surface area contributed by atoms with Crippen molar-refractivity contribution >= 4 is 28.8 Å². The number of aliphatic hydroxyl groups is 3. The van der Waals surface area contributed by atoms with Crippen LogP contribution in [0.15, 0.2) is 51.7 Å². The van der Waals surface area contributed by atoms with Gasteiger partial charge in [-0.15, -0.1) is 0 Å². The third kappa shape index (κ3) is 9.16. The molecule has 1 saturated heterocycles. The van der Waals surface area contributed by atoms with Crippen LogP contribution in [0.25, 0.3) is 22.3 Å². The molecule has 15 heteroatoms. The molecular formula is C36H46N2O13. The van der Waals surface area contributed by atoms with Gasteiger partial charge < -0.3 is 54.8 Å². The van der Waals surface area contributed by atoms with Crippen LogP contribution in [0.2, 0.25) is 0 Å². The van der Waals surface area contributed by atoms with E-state index in [1.54, 1.807) is 65.0 Å². The second-order valence-corrected chi connectivity index (χ2v) is 14.3. The van der Waals surface area contributed by atoms with Crippen LogP contribution in [0.4, 0.5) is 0 Å². The van der Waals surface area contributed by atoms with Gasteiger partial charge in [0.2, 0.25) is 17.9 Å². The fourth-order valence-electron chi connectivity index (χ4n) is 5.48. The monoisotopic (exact) mass is 714 g/mol. The van der Waals surface area contributed by atoms with Crippen molar-refractivity contribution in [2.24, 2.45) is 11.8 Å². The van der Waals surface area contributed by atoms with E-state index in [1.807, 2.05) is 13.8 Å². The number of nitrogens with one attached hydrogen (secondary N) is 2. The van der Waals surface area contributed by atoms with Crippen LogP contribution in [0.5, 0.6) is 17.2 Å². The zero-order valence-electron chi connectivity index (χ0n) is 29.4. The highest BCUT2D eigenvalue weighted by Crippen LogP contribution is 2.42. The maximum Gasteiger partial charge on any atom is 0.329 e. The molecule has 2 amide bonds. The second kappa shape index (κ2) is 15.7. The summed E-state index contributed by atoms with van der Waals surface area (Å²) in [6, 6.07) is 8.49. The zero-order chi connectivity index (χ0) is 37.9. The molecule has 0 saturated carbocycles. The predicted octanol–water partition coefficient (Wildman–Crippen LogP) is 2.07. The zero-order valence-corrected chi connectivity index (χ0v) is 29.4. The summed E-state index contributed by atoms with van der Waals surface area (Å²) in [7, 11) is 0. The molecule has 51 heavy (non-hydrogen) atoms. The van der Waals surface area contributed by atoms with Gasteiger partial charge in [-0.05, 0) is 39.0 Å². The summed E-state index contributed by atoms with van der Waals surface area (Å²) in [4.78, 5) is 52.8. The topological polar surface area (TPSA) is 234 Å². The number of ether oxygens (including phenoxy) is 3. The lowest BCUT2D eigenvalue weighted by molar-refractivity contribution is -0.267. The average molecular weight is 715 g/mol. The van der Waals surface area contributed by atoms with Gasteiger partial charge in [0.25, 0.3) is 5.91 Å². The average Bonchev–Trinajstić information content (AvgIpc) is 3.04. The molecule has 1 aliphatic rings.